The van der Waals surface area contributed by atoms with Crippen LogP contribution in [-0.4, -0.2) is 31.0 Å². The van der Waals surface area contributed by atoms with E-state index in [9.17, 15) is 13.2 Å². The smallest absolute Gasteiger partial charge is 0.327 e. The standard InChI is InChI=1S/C22H27ClN2O4S/c23-20-10-12-21(13-11-20)30(28,29)25-16-2-1-5-18(9-14-22(26)27)6-3-7-19-8-4-15-24-17-19/h4,8-15,17-18,25H,1-3,5-7,16H2,(H,26,27). The van der Waals surface area contributed by atoms with Crippen LogP contribution in [0.2, 0.25) is 5.02 Å². The lowest BCUT2D eigenvalue weighted by Gasteiger charge is -2.13. The number of unbranched alkanes of at least 4 members (excludes halogenated alkanes) is 1. The zero-order valence-corrected chi connectivity index (χ0v) is 18.3. The molecule has 0 radical (unpaired) electrons. The number of benzene rings is 1. The molecule has 0 amide bonds. The average molecular weight is 451 g/mol. The van der Waals surface area contributed by atoms with E-state index < -0.39 is 16.0 Å². The molecule has 162 valence electrons. The molecule has 0 saturated heterocycles. The van der Waals surface area contributed by atoms with Crippen molar-refractivity contribution < 1.29 is 18.3 Å². The zero-order chi connectivity index (χ0) is 21.8. The molecule has 1 aromatic heterocycles. The quantitative estimate of drug-likeness (QED) is 0.347. The third-order valence-corrected chi connectivity index (χ3v) is 6.42. The third-order valence-electron chi connectivity index (χ3n) is 4.69. The molecular weight excluding hydrogens is 424 g/mol. The number of nitrogens with one attached hydrogen (secondary N) is 1. The number of hydrogen-bond acceptors (Lipinski definition) is 4. The first-order chi connectivity index (χ1) is 14.4. The Morgan fingerprint density at radius 3 is 2.53 bits per heavy atom. The van der Waals surface area contributed by atoms with Crippen molar-refractivity contribution >= 4 is 27.6 Å². The summed E-state index contributed by atoms with van der Waals surface area (Å²) >= 11 is 5.79. The summed E-state index contributed by atoms with van der Waals surface area (Å²) in [6, 6.07) is 9.96. The fourth-order valence-corrected chi connectivity index (χ4v) is 4.30. The van der Waals surface area contributed by atoms with Crippen molar-refractivity contribution in [2.24, 2.45) is 5.92 Å². The highest BCUT2D eigenvalue weighted by atomic mass is 35.5. The van der Waals surface area contributed by atoms with E-state index in [0.717, 1.165) is 37.7 Å². The van der Waals surface area contributed by atoms with Crippen LogP contribution in [0.25, 0.3) is 0 Å². The maximum atomic E-state index is 12.3. The molecule has 2 N–H and O–H groups in total. The number of rotatable bonds is 13. The number of aromatic nitrogens is 1. The van der Waals surface area contributed by atoms with Gasteiger partial charge in [0.1, 0.15) is 0 Å². The molecule has 8 heteroatoms. The lowest BCUT2D eigenvalue weighted by atomic mass is 9.94. The molecule has 0 aliphatic rings. The highest BCUT2D eigenvalue weighted by Crippen LogP contribution is 2.19. The Kier molecular flexibility index (Phi) is 10.00. The number of halogens is 1. The van der Waals surface area contributed by atoms with Crippen molar-refractivity contribution in [2.75, 3.05) is 6.54 Å². The highest BCUT2D eigenvalue weighted by Gasteiger charge is 2.13. The second-order valence-electron chi connectivity index (χ2n) is 7.06. The second kappa shape index (κ2) is 12.5. The van der Waals surface area contributed by atoms with E-state index in [4.69, 9.17) is 16.7 Å². The summed E-state index contributed by atoms with van der Waals surface area (Å²) in [5.41, 5.74) is 1.16. The van der Waals surface area contributed by atoms with E-state index in [-0.39, 0.29) is 10.8 Å². The second-order valence-corrected chi connectivity index (χ2v) is 9.26. The number of carbonyl (C=O) groups is 1. The topological polar surface area (TPSA) is 96.4 Å². The van der Waals surface area contributed by atoms with Crippen molar-refractivity contribution in [3.05, 3.63) is 71.5 Å². The van der Waals surface area contributed by atoms with Gasteiger partial charge in [0.25, 0.3) is 0 Å². The van der Waals surface area contributed by atoms with E-state index in [2.05, 4.69) is 9.71 Å². The molecule has 30 heavy (non-hydrogen) atoms. The zero-order valence-electron chi connectivity index (χ0n) is 16.7. The van der Waals surface area contributed by atoms with Gasteiger partial charge in [0.2, 0.25) is 10.0 Å². The van der Waals surface area contributed by atoms with Crippen LogP contribution in [0.15, 0.2) is 65.8 Å². The Hall–Kier alpha value is -2.22. The number of pyridine rings is 1. The molecule has 1 aromatic carbocycles. The van der Waals surface area contributed by atoms with Gasteiger partial charge in [-0.2, -0.15) is 0 Å². The van der Waals surface area contributed by atoms with E-state index in [1.54, 1.807) is 24.4 Å². The number of carboxylic acid groups (broad SMARTS) is 1. The van der Waals surface area contributed by atoms with E-state index >= 15 is 0 Å². The first-order valence-electron chi connectivity index (χ1n) is 9.92. The Balaban J connectivity index is 1.75. The minimum atomic E-state index is -3.55. The van der Waals surface area contributed by atoms with E-state index in [0.29, 0.717) is 18.0 Å². The number of aliphatic carboxylic acids is 1. The van der Waals surface area contributed by atoms with Crippen LogP contribution in [0.3, 0.4) is 0 Å². The third kappa shape index (κ3) is 9.07. The van der Waals surface area contributed by atoms with Crippen molar-refractivity contribution in [1.29, 1.82) is 0 Å². The van der Waals surface area contributed by atoms with Gasteiger partial charge >= 0.3 is 5.97 Å². The minimum absolute atomic E-state index is 0.144. The molecule has 1 atom stereocenters. The van der Waals surface area contributed by atoms with Crippen LogP contribution >= 0.6 is 11.6 Å². The van der Waals surface area contributed by atoms with Gasteiger partial charge in [0.15, 0.2) is 0 Å². The van der Waals surface area contributed by atoms with E-state index in [1.807, 2.05) is 18.3 Å². The number of aryl methyl sites for hydroxylation is 1. The summed E-state index contributed by atoms with van der Waals surface area (Å²) in [5.74, 6) is -0.811. The molecule has 0 aliphatic carbocycles. The molecule has 1 unspecified atom stereocenters. The van der Waals surface area contributed by atoms with Gasteiger partial charge in [-0.1, -0.05) is 30.2 Å². The number of carboxylic acids is 1. The predicted octanol–water partition coefficient (Wildman–Crippen LogP) is 4.46. The molecule has 0 fully saturated rings. The Morgan fingerprint density at radius 2 is 1.87 bits per heavy atom. The Labute approximate surface area is 183 Å². The maximum Gasteiger partial charge on any atom is 0.327 e. The largest absolute Gasteiger partial charge is 0.478 e. The van der Waals surface area contributed by atoms with Gasteiger partial charge in [0, 0.05) is 30.0 Å². The molecule has 2 aromatic rings. The summed E-state index contributed by atoms with van der Waals surface area (Å²) < 4.78 is 27.1. The fourth-order valence-electron chi connectivity index (χ4n) is 3.10. The lowest BCUT2D eigenvalue weighted by Crippen LogP contribution is -2.24. The number of sulfonamides is 1. The predicted molar refractivity (Wildman–Crippen MR) is 118 cm³/mol. The summed E-state index contributed by atoms with van der Waals surface area (Å²) in [4.78, 5) is 15.1. The van der Waals surface area contributed by atoms with Crippen LogP contribution in [0.5, 0.6) is 0 Å². The maximum absolute atomic E-state index is 12.3. The monoisotopic (exact) mass is 450 g/mol. The normalized spacial score (nSPS) is 12.8. The molecule has 0 aliphatic heterocycles. The first-order valence-corrected chi connectivity index (χ1v) is 11.8. The SMILES string of the molecule is O=C(O)C=CC(CCCCNS(=O)(=O)c1ccc(Cl)cc1)CCCc1cccnc1. The summed E-state index contributed by atoms with van der Waals surface area (Å²) in [6.07, 6.45) is 11.5. The number of nitrogens with zero attached hydrogens (tertiary/aromatic N) is 1. The molecule has 0 saturated carbocycles. The van der Waals surface area contributed by atoms with Gasteiger partial charge in [-0.3, -0.25) is 4.98 Å². The lowest BCUT2D eigenvalue weighted by molar-refractivity contribution is -0.131. The van der Waals surface area contributed by atoms with Crippen molar-refractivity contribution in [2.45, 2.75) is 43.4 Å². The fraction of sp³-hybridized carbons (Fsp3) is 0.364. The van der Waals surface area contributed by atoms with E-state index in [1.165, 1.54) is 18.2 Å². The van der Waals surface area contributed by atoms with Crippen molar-refractivity contribution in [3.8, 4) is 0 Å². The van der Waals surface area contributed by atoms with Crippen LogP contribution in [-0.2, 0) is 21.2 Å². The molecule has 1 heterocycles. The molecular formula is C22H27ClN2O4S. The van der Waals surface area contributed by atoms with Gasteiger partial charge in [-0.25, -0.2) is 17.9 Å². The van der Waals surface area contributed by atoms with Gasteiger partial charge in [0.05, 0.1) is 4.90 Å². The molecule has 0 spiro atoms. The summed E-state index contributed by atoms with van der Waals surface area (Å²) in [6.45, 7) is 0.329. The highest BCUT2D eigenvalue weighted by molar-refractivity contribution is 7.89. The number of hydrogen-bond donors (Lipinski definition) is 2. The summed E-state index contributed by atoms with van der Waals surface area (Å²) in [5, 5.41) is 9.39. The first kappa shape index (κ1) is 24.1. The van der Waals surface area contributed by atoms with Crippen LogP contribution in [0.1, 0.15) is 37.7 Å². The Bertz CT molecular complexity index is 916. The van der Waals surface area contributed by atoms with Crippen LogP contribution in [0.4, 0.5) is 0 Å². The average Bonchev–Trinajstić information content (AvgIpc) is 2.72. The molecule has 6 nitrogen and oxygen atoms in total. The molecule has 2 rings (SSSR count). The van der Waals surface area contributed by atoms with Crippen LogP contribution < -0.4 is 4.72 Å². The number of allylic oxidation sites excluding steroid dienone is 1. The van der Waals surface area contributed by atoms with Crippen molar-refractivity contribution in [3.63, 3.8) is 0 Å². The van der Waals surface area contributed by atoms with Gasteiger partial charge in [-0.05, 0) is 73.9 Å². The molecule has 0 bridgehead atoms. The minimum Gasteiger partial charge on any atom is -0.478 e. The van der Waals surface area contributed by atoms with Crippen molar-refractivity contribution in [1.82, 2.24) is 9.71 Å². The van der Waals surface area contributed by atoms with Gasteiger partial charge in [-0.15, -0.1) is 0 Å². The van der Waals surface area contributed by atoms with Gasteiger partial charge < -0.3 is 5.11 Å². The van der Waals surface area contributed by atoms with Crippen LogP contribution in [0, 0.1) is 5.92 Å². The Morgan fingerprint density at radius 1 is 1.13 bits per heavy atom. The summed E-state index contributed by atoms with van der Waals surface area (Å²) in [7, 11) is -3.55.